The van der Waals surface area contributed by atoms with Crippen LogP contribution in [0.15, 0.2) is 28.7 Å². The summed E-state index contributed by atoms with van der Waals surface area (Å²) < 4.78 is 0.939. The molecule has 0 aliphatic rings. The minimum atomic E-state index is 0.00885. The quantitative estimate of drug-likeness (QED) is 0.862. The van der Waals surface area contributed by atoms with Crippen LogP contribution in [0.2, 0.25) is 0 Å². The highest BCUT2D eigenvalue weighted by Crippen LogP contribution is 2.24. The van der Waals surface area contributed by atoms with Crippen molar-refractivity contribution < 1.29 is 4.79 Å². The molecule has 23 heavy (non-hydrogen) atoms. The molecule has 2 rings (SSSR count). The fourth-order valence-corrected chi connectivity index (χ4v) is 2.85. The summed E-state index contributed by atoms with van der Waals surface area (Å²) in [7, 11) is 1.83. The standard InChI is InChI=1S/C18H24BrN3O/c1-11(2)16(20)7-8-22(4)18(23)15-9-12(3)21-17-6-5-13(19)10-14(15)17/h5-6,9-11,16H,7-8,20H2,1-4H3. The lowest BCUT2D eigenvalue weighted by Crippen LogP contribution is -2.34. The Morgan fingerprint density at radius 3 is 2.70 bits per heavy atom. The summed E-state index contributed by atoms with van der Waals surface area (Å²) in [6.45, 7) is 6.76. The molecule has 0 radical (unpaired) electrons. The summed E-state index contributed by atoms with van der Waals surface area (Å²) in [5.41, 5.74) is 8.45. The summed E-state index contributed by atoms with van der Waals surface area (Å²) in [5, 5.41) is 0.870. The van der Waals surface area contributed by atoms with E-state index in [0.29, 0.717) is 18.0 Å². The number of pyridine rings is 1. The number of aryl methyl sites for hydroxylation is 1. The van der Waals surface area contributed by atoms with Gasteiger partial charge in [-0.15, -0.1) is 0 Å². The molecular formula is C18H24BrN3O. The third-order valence-electron chi connectivity index (χ3n) is 4.13. The van der Waals surface area contributed by atoms with E-state index in [4.69, 9.17) is 5.73 Å². The molecule has 0 saturated carbocycles. The first-order valence-electron chi connectivity index (χ1n) is 7.87. The predicted octanol–water partition coefficient (Wildman–Crippen LogP) is 3.75. The number of carbonyl (C=O) groups excluding carboxylic acids is 1. The van der Waals surface area contributed by atoms with E-state index < -0.39 is 0 Å². The number of hydrogen-bond acceptors (Lipinski definition) is 3. The molecule has 1 heterocycles. The highest BCUT2D eigenvalue weighted by molar-refractivity contribution is 9.10. The van der Waals surface area contributed by atoms with Crippen molar-refractivity contribution in [1.29, 1.82) is 0 Å². The van der Waals surface area contributed by atoms with Crippen LogP contribution >= 0.6 is 15.9 Å². The molecule has 0 aliphatic heterocycles. The lowest BCUT2D eigenvalue weighted by atomic mass is 10.0. The molecule has 124 valence electrons. The number of hydrogen-bond donors (Lipinski definition) is 1. The molecule has 1 aromatic carbocycles. The van der Waals surface area contributed by atoms with Gasteiger partial charge in [0.15, 0.2) is 0 Å². The maximum Gasteiger partial charge on any atom is 0.254 e. The van der Waals surface area contributed by atoms with Gasteiger partial charge in [0.1, 0.15) is 0 Å². The molecule has 5 heteroatoms. The van der Waals surface area contributed by atoms with Crippen molar-refractivity contribution in [3.8, 4) is 0 Å². The Hall–Kier alpha value is -1.46. The molecule has 1 atom stereocenters. The van der Waals surface area contributed by atoms with Crippen molar-refractivity contribution in [3.05, 3.63) is 40.0 Å². The van der Waals surface area contributed by atoms with E-state index in [1.165, 1.54) is 0 Å². The first-order valence-corrected chi connectivity index (χ1v) is 8.67. The molecule has 1 unspecified atom stereocenters. The van der Waals surface area contributed by atoms with Crippen molar-refractivity contribution in [2.75, 3.05) is 13.6 Å². The van der Waals surface area contributed by atoms with Crippen LogP contribution in [-0.4, -0.2) is 35.4 Å². The number of aromatic nitrogens is 1. The number of nitrogens with two attached hydrogens (primary N) is 1. The summed E-state index contributed by atoms with van der Waals surface area (Å²) >= 11 is 3.47. The maximum atomic E-state index is 12.8. The van der Waals surface area contributed by atoms with Gasteiger partial charge in [0, 0.05) is 35.2 Å². The van der Waals surface area contributed by atoms with Gasteiger partial charge >= 0.3 is 0 Å². The van der Waals surface area contributed by atoms with E-state index in [0.717, 1.165) is 27.5 Å². The fraction of sp³-hybridized carbons (Fsp3) is 0.444. The highest BCUT2D eigenvalue weighted by atomic mass is 79.9. The van der Waals surface area contributed by atoms with Crippen molar-refractivity contribution in [2.24, 2.45) is 11.7 Å². The van der Waals surface area contributed by atoms with Crippen LogP contribution in [-0.2, 0) is 0 Å². The van der Waals surface area contributed by atoms with E-state index in [1.54, 1.807) is 4.90 Å². The average Bonchev–Trinajstić information content (AvgIpc) is 2.51. The second-order valence-electron chi connectivity index (χ2n) is 6.40. The Labute approximate surface area is 146 Å². The van der Waals surface area contributed by atoms with E-state index in [1.807, 2.05) is 38.2 Å². The largest absolute Gasteiger partial charge is 0.342 e. The van der Waals surface area contributed by atoms with Gasteiger partial charge in [-0.2, -0.15) is 0 Å². The summed E-state index contributed by atoms with van der Waals surface area (Å²) in [6.07, 6.45) is 0.797. The van der Waals surface area contributed by atoms with Crippen LogP contribution in [0.4, 0.5) is 0 Å². The molecule has 0 aliphatic carbocycles. The third-order valence-corrected chi connectivity index (χ3v) is 4.62. The molecule has 0 bridgehead atoms. The zero-order valence-corrected chi connectivity index (χ0v) is 15.7. The lowest BCUT2D eigenvalue weighted by molar-refractivity contribution is 0.0791. The van der Waals surface area contributed by atoms with Gasteiger partial charge in [-0.25, -0.2) is 0 Å². The van der Waals surface area contributed by atoms with Gasteiger partial charge in [0.25, 0.3) is 5.91 Å². The van der Waals surface area contributed by atoms with Crippen LogP contribution in [0.5, 0.6) is 0 Å². The van der Waals surface area contributed by atoms with Gasteiger partial charge in [0.2, 0.25) is 0 Å². The van der Waals surface area contributed by atoms with Gasteiger partial charge in [-0.1, -0.05) is 29.8 Å². The van der Waals surface area contributed by atoms with Gasteiger partial charge in [-0.05, 0) is 43.5 Å². The first kappa shape index (κ1) is 17.9. The summed E-state index contributed by atoms with van der Waals surface area (Å²) in [5.74, 6) is 0.424. The number of halogens is 1. The van der Waals surface area contributed by atoms with Gasteiger partial charge < -0.3 is 10.6 Å². The number of fused-ring (bicyclic) bond motifs is 1. The first-order chi connectivity index (χ1) is 10.8. The summed E-state index contributed by atoms with van der Waals surface area (Å²) in [4.78, 5) is 19.1. The predicted molar refractivity (Wildman–Crippen MR) is 98.6 cm³/mol. The second kappa shape index (κ2) is 7.41. The van der Waals surface area contributed by atoms with E-state index in [9.17, 15) is 4.79 Å². The molecule has 1 aromatic heterocycles. The van der Waals surface area contributed by atoms with Gasteiger partial charge in [0.05, 0.1) is 11.1 Å². The number of carbonyl (C=O) groups is 1. The zero-order chi connectivity index (χ0) is 17.1. The maximum absolute atomic E-state index is 12.8. The second-order valence-corrected chi connectivity index (χ2v) is 7.31. The number of rotatable bonds is 5. The zero-order valence-electron chi connectivity index (χ0n) is 14.1. The highest BCUT2D eigenvalue weighted by Gasteiger charge is 2.18. The molecule has 4 nitrogen and oxygen atoms in total. The Morgan fingerprint density at radius 2 is 2.04 bits per heavy atom. The van der Waals surface area contributed by atoms with Crippen LogP contribution in [0.25, 0.3) is 10.9 Å². The lowest BCUT2D eigenvalue weighted by Gasteiger charge is -2.22. The SMILES string of the molecule is Cc1cc(C(=O)N(C)CCC(N)C(C)C)c2cc(Br)ccc2n1. The Balaban J connectivity index is 2.28. The summed E-state index contributed by atoms with van der Waals surface area (Å²) in [6, 6.07) is 7.78. The van der Waals surface area contributed by atoms with Crippen molar-refractivity contribution >= 4 is 32.7 Å². The van der Waals surface area contributed by atoms with Crippen LogP contribution in [0.3, 0.4) is 0 Å². The molecule has 1 amide bonds. The molecule has 0 spiro atoms. The monoisotopic (exact) mass is 377 g/mol. The Bertz CT molecular complexity index is 715. The van der Waals surface area contributed by atoms with Crippen LogP contribution < -0.4 is 5.73 Å². The molecule has 2 N–H and O–H groups in total. The van der Waals surface area contributed by atoms with Crippen molar-refractivity contribution in [2.45, 2.75) is 33.2 Å². The van der Waals surface area contributed by atoms with Crippen molar-refractivity contribution in [3.63, 3.8) is 0 Å². The average molecular weight is 378 g/mol. The van der Waals surface area contributed by atoms with E-state index in [-0.39, 0.29) is 11.9 Å². The van der Waals surface area contributed by atoms with Crippen molar-refractivity contribution in [1.82, 2.24) is 9.88 Å². The van der Waals surface area contributed by atoms with Crippen LogP contribution in [0, 0.1) is 12.8 Å². The molecule has 2 aromatic rings. The Morgan fingerprint density at radius 1 is 1.35 bits per heavy atom. The number of benzene rings is 1. The normalized spacial score (nSPS) is 12.7. The van der Waals surface area contributed by atoms with Crippen LogP contribution in [0.1, 0.15) is 36.3 Å². The molecule has 0 fully saturated rings. The Kier molecular flexibility index (Phi) is 5.76. The smallest absolute Gasteiger partial charge is 0.254 e. The number of amides is 1. The third kappa shape index (κ3) is 4.30. The van der Waals surface area contributed by atoms with Gasteiger partial charge in [-0.3, -0.25) is 9.78 Å². The number of nitrogens with zero attached hydrogens (tertiary/aromatic N) is 2. The molecule has 0 saturated heterocycles. The molecular weight excluding hydrogens is 354 g/mol. The minimum Gasteiger partial charge on any atom is -0.342 e. The fourth-order valence-electron chi connectivity index (χ4n) is 2.49. The van der Waals surface area contributed by atoms with E-state index in [2.05, 4.69) is 34.8 Å². The van der Waals surface area contributed by atoms with E-state index >= 15 is 0 Å². The topological polar surface area (TPSA) is 59.2 Å². The minimum absolute atomic E-state index is 0.00885.